The molecule has 2 aromatic rings. The van der Waals surface area contributed by atoms with Gasteiger partial charge in [-0.05, 0) is 48.7 Å². The first kappa shape index (κ1) is 16.8. The zero-order valence-electron chi connectivity index (χ0n) is 15.4. The van der Waals surface area contributed by atoms with Crippen LogP contribution in [-0.2, 0) is 12.8 Å². The summed E-state index contributed by atoms with van der Waals surface area (Å²) in [5, 5.41) is 21.1. The third-order valence-electron chi connectivity index (χ3n) is 5.60. The fourth-order valence-corrected chi connectivity index (χ4v) is 4.37. The summed E-state index contributed by atoms with van der Waals surface area (Å²) in [4.78, 5) is 2.30. The molecule has 138 valence electrons. The molecule has 1 aliphatic heterocycles. The number of phenols is 2. The molecule has 2 aliphatic rings. The molecule has 0 saturated carbocycles. The fourth-order valence-electron chi connectivity index (χ4n) is 4.37. The van der Waals surface area contributed by atoms with E-state index < -0.39 is 0 Å². The van der Waals surface area contributed by atoms with Crippen LogP contribution in [0.15, 0.2) is 12.1 Å². The Morgan fingerprint density at radius 2 is 1.77 bits per heavy atom. The molecule has 2 aromatic carbocycles. The molecule has 26 heavy (non-hydrogen) atoms. The van der Waals surface area contributed by atoms with Crippen LogP contribution in [0.5, 0.6) is 28.7 Å². The van der Waals surface area contributed by atoms with E-state index in [0.29, 0.717) is 23.7 Å². The van der Waals surface area contributed by atoms with Crippen LogP contribution in [-0.4, -0.2) is 50.0 Å². The Morgan fingerprint density at radius 3 is 2.42 bits per heavy atom. The number of aromatic hydroxyl groups is 2. The summed E-state index contributed by atoms with van der Waals surface area (Å²) >= 11 is 0. The first-order valence-electron chi connectivity index (χ1n) is 8.61. The maximum atomic E-state index is 10.5. The number of rotatable bonds is 3. The van der Waals surface area contributed by atoms with Crippen LogP contribution in [0.1, 0.15) is 22.7 Å². The number of fused-ring (bicyclic) bond motifs is 2. The molecule has 0 bridgehead atoms. The Hall–Kier alpha value is -2.60. The maximum absolute atomic E-state index is 10.5. The predicted molar refractivity (Wildman–Crippen MR) is 97.6 cm³/mol. The zero-order valence-corrected chi connectivity index (χ0v) is 15.4. The zero-order chi connectivity index (χ0) is 18.6. The maximum Gasteiger partial charge on any atom is 0.201 e. The van der Waals surface area contributed by atoms with E-state index in [1.165, 1.54) is 12.7 Å². The predicted octanol–water partition coefficient (Wildman–Crippen LogP) is 2.88. The third kappa shape index (κ3) is 2.15. The van der Waals surface area contributed by atoms with Crippen molar-refractivity contribution in [1.29, 1.82) is 0 Å². The van der Waals surface area contributed by atoms with E-state index in [4.69, 9.17) is 14.2 Å². The number of ether oxygens (including phenoxy) is 3. The number of methoxy groups -OCH3 is 3. The van der Waals surface area contributed by atoms with Gasteiger partial charge in [0, 0.05) is 23.7 Å². The Balaban J connectivity index is 2.12. The second-order valence-electron chi connectivity index (χ2n) is 6.81. The molecule has 6 nitrogen and oxygen atoms in total. The van der Waals surface area contributed by atoms with Crippen LogP contribution in [0.3, 0.4) is 0 Å². The summed E-state index contributed by atoms with van der Waals surface area (Å²) in [5.74, 6) is 1.32. The van der Waals surface area contributed by atoms with Gasteiger partial charge in [-0.25, -0.2) is 0 Å². The lowest BCUT2D eigenvalue weighted by Crippen LogP contribution is -2.35. The van der Waals surface area contributed by atoms with Gasteiger partial charge in [0.15, 0.2) is 23.0 Å². The average molecular weight is 357 g/mol. The van der Waals surface area contributed by atoms with Crippen molar-refractivity contribution < 1.29 is 24.4 Å². The Bertz CT molecular complexity index is 893. The highest BCUT2D eigenvalue weighted by Crippen LogP contribution is 2.56. The highest BCUT2D eigenvalue weighted by molar-refractivity contribution is 5.87. The summed E-state index contributed by atoms with van der Waals surface area (Å²) in [6, 6.07) is 3.75. The van der Waals surface area contributed by atoms with Gasteiger partial charge in [0.25, 0.3) is 0 Å². The minimum atomic E-state index is -0.00462. The number of hydrogen-bond acceptors (Lipinski definition) is 6. The Labute approximate surface area is 152 Å². The largest absolute Gasteiger partial charge is 0.504 e. The van der Waals surface area contributed by atoms with E-state index in [1.54, 1.807) is 20.3 Å². The quantitative estimate of drug-likeness (QED) is 0.880. The summed E-state index contributed by atoms with van der Waals surface area (Å²) in [6.07, 6.45) is 1.58. The van der Waals surface area contributed by atoms with E-state index in [2.05, 4.69) is 11.9 Å². The molecule has 0 aromatic heterocycles. The first-order valence-corrected chi connectivity index (χ1v) is 8.61. The molecule has 0 spiro atoms. The van der Waals surface area contributed by atoms with Crippen molar-refractivity contribution in [2.24, 2.45) is 0 Å². The molecule has 4 rings (SSSR count). The van der Waals surface area contributed by atoms with Crippen molar-refractivity contribution >= 4 is 0 Å². The van der Waals surface area contributed by atoms with Gasteiger partial charge in [0.2, 0.25) is 5.75 Å². The average Bonchev–Trinajstić information content (AvgIpc) is 2.64. The van der Waals surface area contributed by atoms with E-state index in [1.807, 2.05) is 6.07 Å². The normalized spacial score (nSPS) is 18.1. The topological polar surface area (TPSA) is 71.4 Å². The molecular weight excluding hydrogens is 334 g/mol. The van der Waals surface area contributed by atoms with E-state index in [-0.39, 0.29) is 17.5 Å². The van der Waals surface area contributed by atoms with Gasteiger partial charge >= 0.3 is 0 Å². The summed E-state index contributed by atoms with van der Waals surface area (Å²) in [5.41, 5.74) is 4.93. The lowest BCUT2D eigenvalue weighted by atomic mass is 9.76. The van der Waals surface area contributed by atoms with E-state index >= 15 is 0 Å². The summed E-state index contributed by atoms with van der Waals surface area (Å²) in [7, 11) is 6.70. The molecule has 0 amide bonds. The van der Waals surface area contributed by atoms with Crippen LogP contribution in [0.25, 0.3) is 11.1 Å². The second kappa shape index (κ2) is 5.99. The molecular formula is C20H23NO5. The van der Waals surface area contributed by atoms with Crippen LogP contribution in [0.4, 0.5) is 0 Å². The van der Waals surface area contributed by atoms with Gasteiger partial charge in [-0.2, -0.15) is 0 Å². The third-order valence-corrected chi connectivity index (χ3v) is 5.60. The first-order chi connectivity index (χ1) is 12.5. The van der Waals surface area contributed by atoms with Gasteiger partial charge in [0.05, 0.1) is 21.3 Å². The standard InChI is InChI=1S/C20H23NO5/c1-21-6-5-10-7-14(22)20(26-4)17-11-9-15(24-2)18(23)19(25-3)12(11)8-13(21)16(10)17/h7,9,13,22-23H,5-6,8H2,1-4H3. The summed E-state index contributed by atoms with van der Waals surface area (Å²) in [6.45, 7) is 0.905. The highest BCUT2D eigenvalue weighted by atomic mass is 16.5. The highest BCUT2D eigenvalue weighted by Gasteiger charge is 2.38. The van der Waals surface area contributed by atoms with Gasteiger partial charge in [-0.3, -0.25) is 4.90 Å². The second-order valence-corrected chi connectivity index (χ2v) is 6.81. The molecule has 1 unspecified atom stereocenters. The monoisotopic (exact) mass is 357 g/mol. The molecule has 1 atom stereocenters. The van der Waals surface area contributed by atoms with Crippen molar-refractivity contribution in [3.05, 3.63) is 28.8 Å². The molecule has 0 radical (unpaired) electrons. The Morgan fingerprint density at radius 1 is 1.04 bits per heavy atom. The minimum Gasteiger partial charge on any atom is -0.504 e. The number of likely N-dealkylation sites (N-methyl/N-ethyl adjacent to an activating group) is 1. The molecule has 0 saturated heterocycles. The molecule has 2 N–H and O–H groups in total. The number of nitrogens with zero attached hydrogens (tertiary/aromatic N) is 1. The van der Waals surface area contributed by atoms with Crippen LogP contribution in [0, 0.1) is 0 Å². The van der Waals surface area contributed by atoms with Crippen molar-refractivity contribution in [2.75, 3.05) is 34.9 Å². The minimum absolute atomic E-state index is 0.00462. The Kier molecular flexibility index (Phi) is 3.88. The van der Waals surface area contributed by atoms with Crippen molar-refractivity contribution in [1.82, 2.24) is 4.90 Å². The number of hydrogen-bond donors (Lipinski definition) is 2. The van der Waals surface area contributed by atoms with Gasteiger partial charge in [0.1, 0.15) is 0 Å². The van der Waals surface area contributed by atoms with Crippen molar-refractivity contribution in [2.45, 2.75) is 18.9 Å². The van der Waals surface area contributed by atoms with Gasteiger partial charge < -0.3 is 24.4 Å². The van der Waals surface area contributed by atoms with Crippen LogP contribution >= 0.6 is 0 Å². The number of phenolic OH excluding ortho intramolecular Hbond substituents is 2. The molecule has 1 aliphatic carbocycles. The lowest BCUT2D eigenvalue weighted by Gasteiger charge is -2.40. The van der Waals surface area contributed by atoms with Crippen molar-refractivity contribution in [3.8, 4) is 39.9 Å². The number of benzene rings is 2. The molecule has 1 heterocycles. The van der Waals surface area contributed by atoms with E-state index in [9.17, 15) is 10.2 Å². The van der Waals surface area contributed by atoms with Crippen LogP contribution in [0.2, 0.25) is 0 Å². The lowest BCUT2D eigenvalue weighted by molar-refractivity contribution is 0.224. The fraction of sp³-hybridized carbons (Fsp3) is 0.400. The van der Waals surface area contributed by atoms with Gasteiger partial charge in [-0.15, -0.1) is 0 Å². The van der Waals surface area contributed by atoms with Crippen molar-refractivity contribution in [3.63, 3.8) is 0 Å². The summed E-state index contributed by atoms with van der Waals surface area (Å²) < 4.78 is 16.4. The van der Waals surface area contributed by atoms with E-state index in [0.717, 1.165) is 35.2 Å². The SMILES string of the molecule is COc1cc2c(c(OC)c1O)CC1c3c(cc(O)c(OC)c3-2)CCN1C. The molecule has 0 fully saturated rings. The van der Waals surface area contributed by atoms with Crippen LogP contribution < -0.4 is 14.2 Å². The molecule has 6 heteroatoms. The smallest absolute Gasteiger partial charge is 0.201 e. The van der Waals surface area contributed by atoms with Gasteiger partial charge in [-0.1, -0.05) is 0 Å².